The average molecular weight is 558 g/mol. The average Bonchev–Trinajstić information content (AvgIpc) is 3.61. The summed E-state index contributed by atoms with van der Waals surface area (Å²) in [5.41, 5.74) is 2.23. The second-order valence-electron chi connectivity index (χ2n) is 9.56. The molecule has 0 aliphatic heterocycles. The lowest BCUT2D eigenvalue weighted by atomic mass is 10.1. The van der Waals surface area contributed by atoms with Gasteiger partial charge >= 0.3 is 5.69 Å². The Balaban J connectivity index is 1.69. The zero-order valence-corrected chi connectivity index (χ0v) is 22.7. The van der Waals surface area contributed by atoms with Crippen molar-refractivity contribution in [3.05, 3.63) is 90.7 Å². The maximum Gasteiger partial charge on any atom is 0.332 e. The quantitative estimate of drug-likeness (QED) is 0.418. The molecule has 9 nitrogen and oxygen atoms in total. The van der Waals surface area contributed by atoms with Gasteiger partial charge in [0.05, 0.1) is 45.6 Å². The SMILES string of the molecule is CNC1=C(Cn2c(=O)c3cc(S(=O)(=O)NC4(CF)CC4)ccc3n(Cc3scnc3C)c2=O)C=CC=CC1. The highest BCUT2D eigenvalue weighted by molar-refractivity contribution is 7.89. The molecule has 3 aromatic rings. The molecule has 2 aliphatic carbocycles. The van der Waals surface area contributed by atoms with E-state index in [0.29, 0.717) is 24.8 Å². The molecular weight excluding hydrogens is 529 g/mol. The molecule has 38 heavy (non-hydrogen) atoms. The molecule has 0 radical (unpaired) electrons. The van der Waals surface area contributed by atoms with E-state index < -0.39 is 33.5 Å². The van der Waals surface area contributed by atoms with Crippen molar-refractivity contribution in [1.29, 1.82) is 0 Å². The number of rotatable bonds is 9. The Morgan fingerprint density at radius 1 is 1.16 bits per heavy atom. The molecule has 0 bridgehead atoms. The van der Waals surface area contributed by atoms with E-state index in [0.717, 1.165) is 26.4 Å². The largest absolute Gasteiger partial charge is 0.391 e. The molecule has 2 heterocycles. The van der Waals surface area contributed by atoms with Crippen molar-refractivity contribution in [2.24, 2.45) is 0 Å². The lowest BCUT2D eigenvalue weighted by molar-refractivity contribution is 0.393. The fourth-order valence-corrected chi connectivity index (χ4v) is 6.72. The van der Waals surface area contributed by atoms with E-state index in [9.17, 15) is 22.4 Å². The molecule has 2 N–H and O–H groups in total. The number of nitrogens with one attached hydrogen (secondary N) is 2. The minimum atomic E-state index is -4.09. The molecule has 0 unspecified atom stereocenters. The van der Waals surface area contributed by atoms with Gasteiger partial charge < -0.3 is 5.32 Å². The number of alkyl halides is 1. The van der Waals surface area contributed by atoms with E-state index in [1.807, 2.05) is 31.2 Å². The van der Waals surface area contributed by atoms with Crippen molar-refractivity contribution in [3.63, 3.8) is 0 Å². The van der Waals surface area contributed by atoms with Crippen LogP contribution in [-0.2, 0) is 23.1 Å². The summed E-state index contributed by atoms with van der Waals surface area (Å²) < 4.78 is 44.7. The summed E-state index contributed by atoms with van der Waals surface area (Å²) in [6.07, 6.45) is 9.01. The van der Waals surface area contributed by atoms with E-state index in [2.05, 4.69) is 15.0 Å². The normalized spacial score (nSPS) is 16.7. The van der Waals surface area contributed by atoms with Crippen LogP contribution < -0.4 is 21.3 Å². The first kappa shape index (κ1) is 26.3. The maximum absolute atomic E-state index is 13.8. The summed E-state index contributed by atoms with van der Waals surface area (Å²) in [7, 11) is -2.30. The van der Waals surface area contributed by atoms with Crippen LogP contribution in [0.15, 0.2) is 73.8 Å². The second kappa shape index (κ2) is 10.1. The van der Waals surface area contributed by atoms with Crippen molar-refractivity contribution in [1.82, 2.24) is 24.2 Å². The van der Waals surface area contributed by atoms with Gasteiger partial charge in [0, 0.05) is 24.0 Å². The van der Waals surface area contributed by atoms with Gasteiger partial charge in [-0.05, 0) is 43.5 Å². The van der Waals surface area contributed by atoms with Gasteiger partial charge in [0.2, 0.25) is 10.0 Å². The number of benzene rings is 1. The first-order chi connectivity index (χ1) is 18.2. The zero-order valence-electron chi connectivity index (χ0n) is 21.0. The summed E-state index contributed by atoms with van der Waals surface area (Å²) >= 11 is 1.40. The van der Waals surface area contributed by atoms with Crippen LogP contribution in [0.25, 0.3) is 10.9 Å². The standard InChI is InChI=1S/C26H28FN5O4S2/c1-17-23(37-16-29-17)14-31-22-9-8-19(38(35,36)30-26(15-27)10-11-26)12-20(22)24(33)32(25(31)34)13-18-6-4-3-5-7-21(18)28-2/h3-6,8-9,12,16,28,30H,7,10-11,13-15H2,1-2H3. The Kier molecular flexibility index (Phi) is 6.97. The van der Waals surface area contributed by atoms with Gasteiger partial charge in [-0.2, -0.15) is 0 Å². The highest BCUT2D eigenvalue weighted by Gasteiger charge is 2.46. The predicted octanol–water partition coefficient (Wildman–Crippen LogP) is 2.75. The second-order valence-corrected chi connectivity index (χ2v) is 12.2. The summed E-state index contributed by atoms with van der Waals surface area (Å²) in [6, 6.07) is 4.09. The molecule has 1 fully saturated rings. The first-order valence-electron chi connectivity index (χ1n) is 12.2. The molecule has 5 rings (SSSR count). The number of nitrogens with zero attached hydrogens (tertiary/aromatic N) is 3. The van der Waals surface area contributed by atoms with Crippen molar-refractivity contribution in [2.45, 2.75) is 49.7 Å². The maximum atomic E-state index is 13.8. The molecular formula is C26H28FN5O4S2. The minimum Gasteiger partial charge on any atom is -0.391 e. The molecule has 2 aromatic heterocycles. The molecule has 1 saturated carbocycles. The van der Waals surface area contributed by atoms with E-state index in [-0.39, 0.29) is 23.4 Å². The number of hydrogen-bond acceptors (Lipinski definition) is 7. The lowest BCUT2D eigenvalue weighted by Crippen LogP contribution is -2.41. The van der Waals surface area contributed by atoms with E-state index in [4.69, 9.17) is 0 Å². The molecule has 2 aliphatic rings. The number of thiazole rings is 1. The number of fused-ring (bicyclic) bond motifs is 1. The molecule has 1 aromatic carbocycles. The van der Waals surface area contributed by atoms with Crippen LogP contribution in [-0.4, -0.2) is 41.8 Å². The Hall–Kier alpha value is -3.35. The van der Waals surface area contributed by atoms with Crippen LogP contribution in [0, 0.1) is 6.92 Å². The van der Waals surface area contributed by atoms with Gasteiger partial charge in [-0.25, -0.2) is 27.3 Å². The van der Waals surface area contributed by atoms with Gasteiger partial charge in [0.1, 0.15) is 6.67 Å². The number of sulfonamides is 1. The van der Waals surface area contributed by atoms with E-state index in [1.54, 1.807) is 12.6 Å². The minimum absolute atomic E-state index is 0.00379. The number of halogens is 1. The summed E-state index contributed by atoms with van der Waals surface area (Å²) in [5.74, 6) is 0. The Morgan fingerprint density at radius 2 is 1.95 bits per heavy atom. The Morgan fingerprint density at radius 3 is 2.61 bits per heavy atom. The van der Waals surface area contributed by atoms with Crippen LogP contribution in [0.3, 0.4) is 0 Å². The fourth-order valence-electron chi connectivity index (χ4n) is 4.49. The Bertz CT molecular complexity index is 1730. The van der Waals surface area contributed by atoms with E-state index >= 15 is 0 Å². The van der Waals surface area contributed by atoms with Crippen LogP contribution in [0.2, 0.25) is 0 Å². The molecule has 12 heteroatoms. The number of aromatic nitrogens is 3. The third-order valence-electron chi connectivity index (χ3n) is 7.00. The van der Waals surface area contributed by atoms with Crippen molar-refractivity contribution < 1.29 is 12.8 Å². The molecule has 0 saturated heterocycles. The third kappa shape index (κ3) is 4.91. The molecule has 0 atom stereocenters. The zero-order chi connectivity index (χ0) is 27.1. The highest BCUT2D eigenvalue weighted by atomic mass is 32.2. The van der Waals surface area contributed by atoms with Gasteiger partial charge in [-0.1, -0.05) is 24.3 Å². The first-order valence-corrected chi connectivity index (χ1v) is 14.5. The number of aryl methyl sites for hydroxylation is 1. The summed E-state index contributed by atoms with van der Waals surface area (Å²) in [6.45, 7) is 1.23. The van der Waals surface area contributed by atoms with Crippen LogP contribution in [0.5, 0.6) is 0 Å². The predicted molar refractivity (Wildman–Crippen MR) is 146 cm³/mol. The highest BCUT2D eigenvalue weighted by Crippen LogP contribution is 2.37. The van der Waals surface area contributed by atoms with Gasteiger partial charge in [0.15, 0.2) is 0 Å². The number of allylic oxidation sites excluding steroid dienone is 5. The smallest absolute Gasteiger partial charge is 0.332 e. The van der Waals surface area contributed by atoms with Gasteiger partial charge in [0.25, 0.3) is 5.56 Å². The third-order valence-corrected chi connectivity index (χ3v) is 9.49. The molecule has 200 valence electrons. The van der Waals surface area contributed by atoms with Crippen LogP contribution in [0.1, 0.15) is 29.8 Å². The summed E-state index contributed by atoms with van der Waals surface area (Å²) in [4.78, 5) is 32.5. The van der Waals surface area contributed by atoms with Gasteiger partial charge in [-0.3, -0.25) is 13.9 Å². The van der Waals surface area contributed by atoms with Crippen molar-refractivity contribution in [2.75, 3.05) is 13.7 Å². The monoisotopic (exact) mass is 557 g/mol. The topological polar surface area (TPSA) is 115 Å². The summed E-state index contributed by atoms with van der Waals surface area (Å²) in [5, 5.41) is 3.22. The molecule has 0 spiro atoms. The fraction of sp³-hybridized carbons (Fsp3) is 0.346. The van der Waals surface area contributed by atoms with Gasteiger partial charge in [-0.15, -0.1) is 11.3 Å². The Labute approximate surface area is 223 Å². The lowest BCUT2D eigenvalue weighted by Gasteiger charge is -2.17. The van der Waals surface area contributed by atoms with Crippen LogP contribution >= 0.6 is 11.3 Å². The molecule has 0 amide bonds. The van der Waals surface area contributed by atoms with Crippen LogP contribution in [0.4, 0.5) is 4.39 Å². The number of hydrogen-bond donors (Lipinski definition) is 2. The van der Waals surface area contributed by atoms with E-state index in [1.165, 1.54) is 34.1 Å². The van der Waals surface area contributed by atoms with Crippen molar-refractivity contribution >= 4 is 32.3 Å². The van der Waals surface area contributed by atoms with Crippen molar-refractivity contribution in [3.8, 4) is 0 Å².